The van der Waals surface area contributed by atoms with Gasteiger partial charge in [-0.25, -0.2) is 0 Å². The van der Waals surface area contributed by atoms with Crippen LogP contribution in [0.1, 0.15) is 18.4 Å². The third-order valence-corrected chi connectivity index (χ3v) is 3.93. The van der Waals surface area contributed by atoms with Crippen LogP contribution in [0, 0.1) is 0 Å². The summed E-state index contributed by atoms with van der Waals surface area (Å²) >= 11 is 0. The number of likely N-dealkylation sites (tertiary alicyclic amines) is 1. The van der Waals surface area contributed by atoms with Crippen LogP contribution in [-0.4, -0.2) is 55.6 Å². The van der Waals surface area contributed by atoms with Gasteiger partial charge in [-0.05, 0) is 24.8 Å². The molecule has 0 bridgehead atoms. The first-order valence-corrected chi connectivity index (χ1v) is 8.09. The first-order valence-electron chi connectivity index (χ1n) is 8.09. The van der Waals surface area contributed by atoms with Crippen molar-refractivity contribution in [1.29, 1.82) is 0 Å². The average molecular weight is 356 g/mol. The van der Waals surface area contributed by atoms with E-state index in [2.05, 4.69) is 17.4 Å². The van der Waals surface area contributed by atoms with Crippen molar-refractivity contribution in [3.8, 4) is 0 Å². The van der Waals surface area contributed by atoms with E-state index in [1.54, 1.807) is 4.90 Å². The number of nitrogens with one attached hydrogen (secondary N) is 1. The van der Waals surface area contributed by atoms with Gasteiger partial charge in [-0.2, -0.15) is 0 Å². The van der Waals surface area contributed by atoms with Crippen LogP contribution in [0.3, 0.4) is 0 Å². The van der Waals surface area contributed by atoms with Crippen molar-refractivity contribution in [2.45, 2.75) is 25.4 Å². The second-order valence-corrected chi connectivity index (χ2v) is 5.69. The minimum Gasteiger partial charge on any atom is -0.376 e. The van der Waals surface area contributed by atoms with Gasteiger partial charge in [0.25, 0.3) is 0 Å². The summed E-state index contributed by atoms with van der Waals surface area (Å²) in [5.41, 5.74) is 6.50. The van der Waals surface area contributed by atoms with Crippen LogP contribution in [-0.2, 0) is 20.7 Å². The summed E-state index contributed by atoms with van der Waals surface area (Å²) in [5, 5.41) is 2.50. The molecule has 7 heteroatoms. The van der Waals surface area contributed by atoms with Crippen molar-refractivity contribution in [1.82, 2.24) is 10.2 Å². The number of ether oxygens (including phenoxy) is 1. The van der Waals surface area contributed by atoms with Gasteiger partial charge in [-0.3, -0.25) is 9.59 Å². The first kappa shape index (κ1) is 20.4. The van der Waals surface area contributed by atoms with Gasteiger partial charge in [-0.15, -0.1) is 12.4 Å². The molecule has 1 aliphatic heterocycles. The molecule has 0 saturated carbocycles. The Kier molecular flexibility index (Phi) is 9.37. The van der Waals surface area contributed by atoms with Gasteiger partial charge in [0, 0.05) is 19.7 Å². The molecule has 1 fully saturated rings. The van der Waals surface area contributed by atoms with Gasteiger partial charge < -0.3 is 20.7 Å². The number of aryl methyl sites for hydroxylation is 1. The molecule has 1 saturated heterocycles. The largest absolute Gasteiger partial charge is 0.376 e. The number of amides is 2. The van der Waals surface area contributed by atoms with Crippen LogP contribution in [0.2, 0.25) is 0 Å². The minimum atomic E-state index is -0.314. The molecule has 3 N–H and O–H groups in total. The fraction of sp³-hybridized carbons (Fsp3) is 0.529. The van der Waals surface area contributed by atoms with Crippen molar-refractivity contribution in [3.63, 3.8) is 0 Å². The molecule has 1 heterocycles. The maximum absolute atomic E-state index is 11.9. The first-order chi connectivity index (χ1) is 11.2. The van der Waals surface area contributed by atoms with Crippen molar-refractivity contribution in [3.05, 3.63) is 35.9 Å². The SMILES string of the molecule is Cl.NCC(=O)NCC(=O)N1CCC(OCCCc2ccccc2)C1. The summed E-state index contributed by atoms with van der Waals surface area (Å²) in [6, 6.07) is 10.3. The zero-order valence-electron chi connectivity index (χ0n) is 13.8. The van der Waals surface area contributed by atoms with Crippen LogP contribution in [0.25, 0.3) is 0 Å². The Labute approximate surface area is 149 Å². The number of hydrogen-bond donors (Lipinski definition) is 2. The van der Waals surface area contributed by atoms with Crippen LogP contribution in [0.5, 0.6) is 0 Å². The number of carbonyl (C=O) groups is 2. The monoisotopic (exact) mass is 355 g/mol. The third kappa shape index (κ3) is 6.86. The van der Waals surface area contributed by atoms with E-state index < -0.39 is 0 Å². The van der Waals surface area contributed by atoms with Crippen molar-refractivity contribution < 1.29 is 14.3 Å². The van der Waals surface area contributed by atoms with Gasteiger partial charge in [-0.1, -0.05) is 30.3 Å². The molecule has 2 amide bonds. The lowest BCUT2D eigenvalue weighted by molar-refractivity contribution is -0.132. The molecule has 1 aliphatic rings. The van der Waals surface area contributed by atoms with E-state index in [1.807, 2.05) is 18.2 Å². The molecule has 0 spiro atoms. The molecular formula is C17H26ClN3O3. The number of nitrogens with two attached hydrogens (primary N) is 1. The number of hydrogen-bond acceptors (Lipinski definition) is 4. The summed E-state index contributed by atoms with van der Waals surface area (Å²) in [6.07, 6.45) is 2.92. The number of benzene rings is 1. The van der Waals surface area contributed by atoms with Crippen LogP contribution < -0.4 is 11.1 Å². The summed E-state index contributed by atoms with van der Waals surface area (Å²) in [7, 11) is 0. The van der Waals surface area contributed by atoms with E-state index >= 15 is 0 Å². The van der Waals surface area contributed by atoms with E-state index in [0.717, 1.165) is 19.3 Å². The fourth-order valence-electron chi connectivity index (χ4n) is 2.62. The molecule has 0 radical (unpaired) electrons. The molecular weight excluding hydrogens is 330 g/mol. The van der Waals surface area contributed by atoms with Crippen LogP contribution >= 0.6 is 12.4 Å². The van der Waals surface area contributed by atoms with Gasteiger partial charge in [0.15, 0.2) is 0 Å². The lowest BCUT2D eigenvalue weighted by Gasteiger charge is -2.17. The average Bonchev–Trinajstić information content (AvgIpc) is 3.06. The molecule has 2 rings (SSSR count). The number of carbonyl (C=O) groups excluding carboxylic acids is 2. The van der Waals surface area contributed by atoms with E-state index in [9.17, 15) is 9.59 Å². The number of rotatable bonds is 8. The highest BCUT2D eigenvalue weighted by Crippen LogP contribution is 2.13. The summed E-state index contributed by atoms with van der Waals surface area (Å²) in [4.78, 5) is 24.7. The Hall–Kier alpha value is -1.63. The van der Waals surface area contributed by atoms with Gasteiger partial charge >= 0.3 is 0 Å². The summed E-state index contributed by atoms with van der Waals surface area (Å²) in [5.74, 6) is -0.395. The Balaban J connectivity index is 0.00000288. The number of nitrogens with zero attached hydrogens (tertiary/aromatic N) is 1. The Bertz CT molecular complexity index is 513. The molecule has 1 aromatic carbocycles. The van der Waals surface area contributed by atoms with Crippen molar-refractivity contribution in [2.24, 2.45) is 5.73 Å². The maximum Gasteiger partial charge on any atom is 0.242 e. The Morgan fingerprint density at radius 3 is 2.75 bits per heavy atom. The predicted molar refractivity (Wildman–Crippen MR) is 95.0 cm³/mol. The van der Waals surface area contributed by atoms with Crippen molar-refractivity contribution in [2.75, 3.05) is 32.8 Å². The molecule has 134 valence electrons. The number of halogens is 1. The predicted octanol–water partition coefficient (Wildman–Crippen LogP) is 0.733. The smallest absolute Gasteiger partial charge is 0.242 e. The maximum atomic E-state index is 11.9. The van der Waals surface area contributed by atoms with Gasteiger partial charge in [0.1, 0.15) is 0 Å². The summed E-state index contributed by atoms with van der Waals surface area (Å²) in [6.45, 7) is 1.89. The van der Waals surface area contributed by atoms with Gasteiger partial charge in [0.05, 0.1) is 19.2 Å². The quantitative estimate of drug-likeness (QED) is 0.673. The van der Waals surface area contributed by atoms with E-state index in [1.165, 1.54) is 5.56 Å². The van der Waals surface area contributed by atoms with Crippen LogP contribution in [0.15, 0.2) is 30.3 Å². The standard InChI is InChI=1S/C17H25N3O3.ClH/c18-11-16(21)19-12-17(22)20-9-8-15(13-20)23-10-4-7-14-5-2-1-3-6-14;/h1-3,5-6,15H,4,7-13,18H2,(H,19,21);1H. The molecule has 0 aliphatic carbocycles. The molecule has 1 unspecified atom stereocenters. The molecule has 24 heavy (non-hydrogen) atoms. The summed E-state index contributed by atoms with van der Waals surface area (Å²) < 4.78 is 5.85. The topological polar surface area (TPSA) is 84.7 Å². The fourth-order valence-corrected chi connectivity index (χ4v) is 2.62. The molecule has 0 aromatic heterocycles. The van der Waals surface area contributed by atoms with E-state index in [4.69, 9.17) is 10.5 Å². The zero-order valence-corrected chi connectivity index (χ0v) is 14.6. The third-order valence-electron chi connectivity index (χ3n) is 3.93. The minimum absolute atomic E-state index is 0. The lowest BCUT2D eigenvalue weighted by atomic mass is 10.1. The normalized spacial score (nSPS) is 16.5. The molecule has 6 nitrogen and oxygen atoms in total. The second kappa shape index (κ2) is 11.0. The molecule has 1 aromatic rings. The van der Waals surface area contributed by atoms with E-state index in [-0.39, 0.29) is 43.4 Å². The Morgan fingerprint density at radius 1 is 1.29 bits per heavy atom. The highest BCUT2D eigenvalue weighted by atomic mass is 35.5. The lowest BCUT2D eigenvalue weighted by Crippen LogP contribution is -2.41. The second-order valence-electron chi connectivity index (χ2n) is 5.69. The van der Waals surface area contributed by atoms with E-state index in [0.29, 0.717) is 19.7 Å². The highest BCUT2D eigenvalue weighted by Gasteiger charge is 2.26. The Morgan fingerprint density at radius 2 is 2.04 bits per heavy atom. The van der Waals surface area contributed by atoms with Gasteiger partial charge in [0.2, 0.25) is 11.8 Å². The van der Waals surface area contributed by atoms with Crippen molar-refractivity contribution >= 4 is 24.2 Å². The highest BCUT2D eigenvalue weighted by molar-refractivity contribution is 5.85. The zero-order chi connectivity index (χ0) is 16.5. The van der Waals surface area contributed by atoms with Crippen LogP contribution in [0.4, 0.5) is 0 Å². The molecule has 1 atom stereocenters.